The summed E-state index contributed by atoms with van der Waals surface area (Å²) >= 11 is 0. The van der Waals surface area contributed by atoms with Gasteiger partial charge >= 0.3 is 11.9 Å². The number of esters is 2. The van der Waals surface area contributed by atoms with E-state index in [0.717, 1.165) is 32.1 Å². The van der Waals surface area contributed by atoms with Crippen LogP contribution < -0.4 is 0 Å². The van der Waals surface area contributed by atoms with Crippen molar-refractivity contribution in [3.8, 4) is 0 Å². The molecule has 0 aromatic heterocycles. The van der Waals surface area contributed by atoms with E-state index < -0.39 is 11.0 Å². The Morgan fingerprint density at radius 1 is 0.865 bits per heavy atom. The molecule has 7 aliphatic rings. The van der Waals surface area contributed by atoms with Crippen LogP contribution in [0, 0.1) is 56.7 Å². The summed E-state index contributed by atoms with van der Waals surface area (Å²) in [7, 11) is 0. The Kier molecular flexibility index (Phi) is 5.18. The first-order valence-electron chi connectivity index (χ1n) is 15.0. The van der Waals surface area contributed by atoms with E-state index in [4.69, 9.17) is 9.47 Å². The Balaban J connectivity index is 1.37. The normalized spacial score (nSPS) is 55.8. The second kappa shape index (κ2) is 7.42. The van der Waals surface area contributed by atoms with Gasteiger partial charge in [0.15, 0.2) is 11.4 Å². The molecule has 2 aliphatic heterocycles. The van der Waals surface area contributed by atoms with Gasteiger partial charge in [-0.05, 0) is 98.2 Å². The SMILES string of the molecule is CC(=O)OC1CCC2(C)C(CCC3(C)C2CCC2C4C(C)C5(C)OC(=O)C4(CCC23C)CC5=O)C1(C)C. The van der Waals surface area contributed by atoms with Gasteiger partial charge in [0.2, 0.25) is 0 Å². The molecule has 2 heterocycles. The molecule has 5 nitrogen and oxygen atoms in total. The fraction of sp³-hybridized carbons (Fsp3) is 0.906. The molecule has 5 saturated carbocycles. The molecule has 5 heteroatoms. The Morgan fingerprint density at radius 3 is 2.24 bits per heavy atom. The second-order valence-corrected chi connectivity index (χ2v) is 15.7. The maximum Gasteiger partial charge on any atom is 0.313 e. The first kappa shape index (κ1) is 25.9. The average molecular weight is 513 g/mol. The van der Waals surface area contributed by atoms with Crippen LogP contribution in [0.25, 0.3) is 0 Å². The molecule has 0 N–H and O–H groups in total. The summed E-state index contributed by atoms with van der Waals surface area (Å²) in [5.74, 6) is 1.79. The fourth-order valence-corrected chi connectivity index (χ4v) is 12.3. The first-order chi connectivity index (χ1) is 17.1. The van der Waals surface area contributed by atoms with Crippen LogP contribution in [-0.2, 0) is 23.9 Å². The number of hydrogen-bond acceptors (Lipinski definition) is 5. The third kappa shape index (κ3) is 2.85. The molecule has 0 aromatic rings. The summed E-state index contributed by atoms with van der Waals surface area (Å²) in [6.07, 6.45) is 8.93. The minimum atomic E-state index is -0.956. The van der Waals surface area contributed by atoms with Crippen molar-refractivity contribution < 1.29 is 23.9 Å². The Morgan fingerprint density at radius 2 is 1.57 bits per heavy atom. The third-order valence-corrected chi connectivity index (χ3v) is 14.5. The van der Waals surface area contributed by atoms with Gasteiger partial charge in [0.05, 0.1) is 5.41 Å². The summed E-state index contributed by atoms with van der Waals surface area (Å²) in [6.45, 7) is 18.0. The zero-order valence-electron chi connectivity index (χ0n) is 24.4. The van der Waals surface area contributed by atoms with E-state index in [9.17, 15) is 14.4 Å². The second-order valence-electron chi connectivity index (χ2n) is 15.7. The Hall–Kier alpha value is -1.39. The van der Waals surface area contributed by atoms with Gasteiger partial charge in [-0.2, -0.15) is 0 Å². The number of rotatable bonds is 1. The predicted octanol–water partition coefficient (Wildman–Crippen LogP) is 6.51. The van der Waals surface area contributed by atoms with Crippen LogP contribution in [0.4, 0.5) is 0 Å². The molecular formula is C32H48O5. The standard InChI is InChI=1S/C32H48O5/c1-18-25-20-9-10-22-28(5)13-12-24(36-19(2)33)27(3,4)21(28)11-14-30(22,7)29(20,6)15-16-32(25)17-23(34)31(18,8)37-26(32)35/h18,20-22,24-25H,9-17H2,1-8H3. The lowest BCUT2D eigenvalue weighted by Crippen LogP contribution is -2.74. The lowest BCUT2D eigenvalue weighted by atomic mass is 9.30. The summed E-state index contributed by atoms with van der Waals surface area (Å²) in [5, 5.41) is 0. The van der Waals surface area contributed by atoms with Crippen LogP contribution in [0.2, 0.25) is 0 Å². The lowest BCUT2D eigenvalue weighted by Gasteiger charge is -2.74. The van der Waals surface area contributed by atoms with Crippen LogP contribution in [-0.4, -0.2) is 29.4 Å². The molecule has 2 saturated heterocycles. The smallest absolute Gasteiger partial charge is 0.313 e. The third-order valence-electron chi connectivity index (χ3n) is 14.5. The number of ketones is 1. The lowest BCUT2D eigenvalue weighted by molar-refractivity contribution is -0.281. The van der Waals surface area contributed by atoms with Crippen molar-refractivity contribution >= 4 is 17.7 Å². The van der Waals surface area contributed by atoms with Crippen molar-refractivity contribution in [3.05, 3.63) is 0 Å². The van der Waals surface area contributed by atoms with Crippen molar-refractivity contribution in [3.63, 3.8) is 0 Å². The molecule has 11 unspecified atom stereocenters. The van der Waals surface area contributed by atoms with E-state index in [1.165, 1.54) is 19.3 Å². The van der Waals surface area contributed by atoms with Crippen molar-refractivity contribution in [1.82, 2.24) is 0 Å². The first-order valence-corrected chi connectivity index (χ1v) is 15.0. The van der Waals surface area contributed by atoms with Crippen LogP contribution in [0.3, 0.4) is 0 Å². The van der Waals surface area contributed by atoms with Crippen molar-refractivity contribution in [2.24, 2.45) is 56.7 Å². The van der Waals surface area contributed by atoms with E-state index in [1.807, 2.05) is 6.92 Å². The molecule has 7 rings (SSSR count). The summed E-state index contributed by atoms with van der Waals surface area (Å²) in [5.41, 5.74) is -1.05. The van der Waals surface area contributed by atoms with Gasteiger partial charge in [-0.15, -0.1) is 0 Å². The predicted molar refractivity (Wildman–Crippen MR) is 140 cm³/mol. The van der Waals surface area contributed by atoms with Gasteiger partial charge < -0.3 is 9.47 Å². The Bertz CT molecular complexity index is 1060. The molecule has 0 radical (unpaired) electrons. The van der Waals surface area contributed by atoms with E-state index in [2.05, 4.69) is 41.5 Å². The summed E-state index contributed by atoms with van der Waals surface area (Å²) in [6, 6.07) is 0. The number of Topliss-reactive ketones (excluding diaryl/α,β-unsaturated/α-hetero) is 1. The van der Waals surface area contributed by atoms with Gasteiger partial charge in [-0.1, -0.05) is 41.5 Å². The number of carbonyl (C=O) groups excluding carboxylic acids is 3. The molecule has 1 spiro atoms. The number of hydrogen-bond donors (Lipinski definition) is 0. The molecule has 7 fully saturated rings. The van der Waals surface area contributed by atoms with Gasteiger partial charge in [0, 0.05) is 24.7 Å². The van der Waals surface area contributed by atoms with Crippen LogP contribution in [0.1, 0.15) is 113 Å². The van der Waals surface area contributed by atoms with Gasteiger partial charge in [0.25, 0.3) is 0 Å². The van der Waals surface area contributed by atoms with E-state index in [1.54, 1.807) is 6.92 Å². The van der Waals surface area contributed by atoms with Crippen LogP contribution in [0.15, 0.2) is 0 Å². The molecule has 11 atom stereocenters. The van der Waals surface area contributed by atoms with E-state index in [0.29, 0.717) is 24.2 Å². The molecule has 206 valence electrons. The number of fused-ring (bicyclic) bond motifs is 7. The van der Waals surface area contributed by atoms with Crippen LogP contribution in [0.5, 0.6) is 0 Å². The molecule has 0 aromatic carbocycles. The largest absolute Gasteiger partial charge is 0.462 e. The Labute approximate surface area is 223 Å². The van der Waals surface area contributed by atoms with Crippen LogP contribution >= 0.6 is 0 Å². The highest BCUT2D eigenvalue weighted by Crippen LogP contribution is 2.78. The number of carbonyl (C=O) groups is 3. The minimum absolute atomic E-state index is 0.00294. The van der Waals surface area contributed by atoms with Gasteiger partial charge in [-0.3, -0.25) is 14.4 Å². The molecular weight excluding hydrogens is 464 g/mol. The maximum absolute atomic E-state index is 13.5. The average Bonchev–Trinajstić information content (AvgIpc) is 2.79. The maximum atomic E-state index is 13.5. The highest BCUT2D eigenvalue weighted by atomic mass is 16.6. The highest BCUT2D eigenvalue weighted by molar-refractivity contribution is 6.00. The molecule has 2 bridgehead atoms. The topological polar surface area (TPSA) is 69.7 Å². The van der Waals surface area contributed by atoms with Crippen molar-refractivity contribution in [2.75, 3.05) is 0 Å². The van der Waals surface area contributed by atoms with Crippen molar-refractivity contribution in [1.29, 1.82) is 0 Å². The summed E-state index contributed by atoms with van der Waals surface area (Å²) in [4.78, 5) is 38.5. The number of ether oxygens (including phenoxy) is 2. The molecule has 0 amide bonds. The molecule has 37 heavy (non-hydrogen) atoms. The minimum Gasteiger partial charge on any atom is -0.462 e. The van der Waals surface area contributed by atoms with Gasteiger partial charge in [-0.25, -0.2) is 0 Å². The fourth-order valence-electron chi connectivity index (χ4n) is 12.3. The summed E-state index contributed by atoms with van der Waals surface area (Å²) < 4.78 is 11.8. The van der Waals surface area contributed by atoms with Crippen molar-refractivity contribution in [2.45, 2.75) is 125 Å². The monoisotopic (exact) mass is 512 g/mol. The zero-order chi connectivity index (χ0) is 27.0. The van der Waals surface area contributed by atoms with E-state index >= 15 is 0 Å². The molecule has 5 aliphatic carbocycles. The van der Waals surface area contributed by atoms with E-state index in [-0.39, 0.29) is 57.3 Å². The quantitative estimate of drug-likeness (QED) is 0.374. The van der Waals surface area contributed by atoms with Gasteiger partial charge in [0.1, 0.15) is 6.10 Å². The highest BCUT2D eigenvalue weighted by Gasteiger charge is 2.76. The zero-order valence-corrected chi connectivity index (χ0v) is 24.4.